The van der Waals surface area contributed by atoms with E-state index in [9.17, 15) is 0 Å². The van der Waals surface area contributed by atoms with E-state index in [-0.39, 0.29) is 29.9 Å². The van der Waals surface area contributed by atoms with Gasteiger partial charge in [-0.1, -0.05) is 36.7 Å². The Balaban J connectivity index is 0.00000312. The molecule has 0 aliphatic carbocycles. The number of nitrogens with zero attached hydrogens (tertiary/aromatic N) is 4. The van der Waals surface area contributed by atoms with Gasteiger partial charge in [0.25, 0.3) is 0 Å². The molecule has 0 saturated carbocycles. The Morgan fingerprint density at radius 1 is 1.24 bits per heavy atom. The van der Waals surface area contributed by atoms with Crippen LogP contribution >= 0.6 is 35.6 Å². The second kappa shape index (κ2) is 11.2. The predicted molar refractivity (Wildman–Crippen MR) is 110 cm³/mol. The van der Waals surface area contributed by atoms with Gasteiger partial charge in [0.2, 0.25) is 5.89 Å². The van der Waals surface area contributed by atoms with Crippen LogP contribution < -0.4 is 10.6 Å². The number of hydrogen-bond donors (Lipinski definition) is 2. The molecule has 25 heavy (non-hydrogen) atoms. The molecular weight excluding hydrogens is 455 g/mol. The molecule has 0 atom stereocenters. The van der Waals surface area contributed by atoms with Crippen molar-refractivity contribution in [3.05, 3.63) is 40.8 Å². The van der Waals surface area contributed by atoms with Crippen LogP contribution in [0.4, 0.5) is 0 Å². The lowest BCUT2D eigenvalue weighted by atomic mass is 10.2. The van der Waals surface area contributed by atoms with Crippen LogP contribution in [-0.2, 0) is 12.8 Å². The van der Waals surface area contributed by atoms with Crippen LogP contribution in [-0.4, -0.2) is 41.2 Å². The lowest BCUT2D eigenvalue weighted by Gasteiger charge is -2.11. The first-order valence-corrected chi connectivity index (χ1v) is 8.33. The van der Waals surface area contributed by atoms with Crippen molar-refractivity contribution in [2.75, 3.05) is 20.1 Å². The Labute approximate surface area is 170 Å². The van der Waals surface area contributed by atoms with E-state index in [0.717, 1.165) is 30.3 Å². The second-order valence-electron chi connectivity index (χ2n) is 5.62. The van der Waals surface area contributed by atoms with Gasteiger partial charge in [-0.3, -0.25) is 4.99 Å². The lowest BCUT2D eigenvalue weighted by Crippen LogP contribution is -2.39. The second-order valence-corrected chi connectivity index (χ2v) is 6.00. The molecule has 0 fully saturated rings. The predicted octanol–water partition coefficient (Wildman–Crippen LogP) is 2.81. The topological polar surface area (TPSA) is 88.2 Å². The third kappa shape index (κ3) is 7.55. The highest BCUT2D eigenvalue weighted by Gasteiger charge is 2.09. The summed E-state index contributed by atoms with van der Waals surface area (Å²) in [6, 6.07) is 3.76. The molecule has 0 aliphatic rings. The molecule has 0 radical (unpaired) electrons. The first-order chi connectivity index (χ1) is 11.6. The Kier molecular flexibility index (Phi) is 9.73. The molecular formula is C16H24ClIN6O. The Morgan fingerprint density at radius 3 is 2.52 bits per heavy atom. The number of guanidine groups is 1. The summed E-state index contributed by atoms with van der Waals surface area (Å²) in [4.78, 5) is 12.6. The lowest BCUT2D eigenvalue weighted by molar-refractivity contribution is 0.371. The van der Waals surface area contributed by atoms with Crippen molar-refractivity contribution < 1.29 is 4.52 Å². The summed E-state index contributed by atoms with van der Waals surface area (Å²) >= 11 is 5.77. The summed E-state index contributed by atoms with van der Waals surface area (Å²) in [5.41, 5.74) is 1.12. The molecule has 0 bridgehead atoms. The Bertz CT molecular complexity index is 659. The number of nitrogens with one attached hydrogen (secondary N) is 2. The zero-order valence-corrected chi connectivity index (χ0v) is 17.7. The molecule has 2 aromatic rings. The van der Waals surface area contributed by atoms with Crippen molar-refractivity contribution in [3.8, 4) is 0 Å². The van der Waals surface area contributed by atoms with Gasteiger partial charge in [-0.25, -0.2) is 4.98 Å². The summed E-state index contributed by atoms with van der Waals surface area (Å²) in [7, 11) is 1.74. The van der Waals surface area contributed by atoms with Gasteiger partial charge >= 0.3 is 0 Å². The van der Waals surface area contributed by atoms with E-state index in [1.165, 1.54) is 0 Å². The Hall–Kier alpha value is -1.42. The average Bonchev–Trinajstić information content (AvgIpc) is 3.04. The number of aromatic nitrogens is 3. The minimum absolute atomic E-state index is 0. The van der Waals surface area contributed by atoms with Crippen molar-refractivity contribution in [1.29, 1.82) is 0 Å². The molecule has 0 amide bonds. The van der Waals surface area contributed by atoms with E-state index >= 15 is 0 Å². The minimum atomic E-state index is 0. The van der Waals surface area contributed by atoms with E-state index < -0.39 is 0 Å². The van der Waals surface area contributed by atoms with Crippen LogP contribution in [0, 0.1) is 0 Å². The van der Waals surface area contributed by atoms with Gasteiger partial charge in [-0.05, 0) is 18.1 Å². The third-order valence-electron chi connectivity index (χ3n) is 3.35. The van der Waals surface area contributed by atoms with Gasteiger partial charge in [-0.15, -0.1) is 24.0 Å². The monoisotopic (exact) mass is 478 g/mol. The fourth-order valence-electron chi connectivity index (χ4n) is 1.99. The zero-order valence-electron chi connectivity index (χ0n) is 14.6. The molecule has 9 heteroatoms. The largest absolute Gasteiger partial charge is 0.356 e. The standard InChI is InChI=1S/C16H23ClN6O.HI/c1-11(2)15-22-14(24-23-15)7-9-20-16(18-3)19-8-6-12-4-5-13(17)21-10-12;/h4-5,10-11H,6-9H2,1-3H3,(H2,18,19,20);1H. The number of hydrogen-bond acceptors (Lipinski definition) is 5. The van der Waals surface area contributed by atoms with Crippen LogP contribution in [0.3, 0.4) is 0 Å². The summed E-state index contributed by atoms with van der Waals surface area (Å²) in [6.45, 7) is 5.49. The molecule has 0 spiro atoms. The zero-order chi connectivity index (χ0) is 17.4. The quantitative estimate of drug-likeness (QED) is 0.275. The van der Waals surface area contributed by atoms with E-state index in [4.69, 9.17) is 16.1 Å². The first kappa shape index (κ1) is 21.6. The Morgan fingerprint density at radius 2 is 1.96 bits per heavy atom. The van der Waals surface area contributed by atoms with Crippen molar-refractivity contribution in [2.45, 2.75) is 32.6 Å². The molecule has 2 rings (SSSR count). The molecule has 0 unspecified atom stereocenters. The van der Waals surface area contributed by atoms with E-state index in [1.807, 2.05) is 19.9 Å². The number of aliphatic imine (C=N–C) groups is 1. The molecule has 2 N–H and O–H groups in total. The van der Waals surface area contributed by atoms with Gasteiger partial charge in [0.1, 0.15) is 5.15 Å². The SMILES string of the molecule is CN=C(NCCc1ccc(Cl)nc1)NCCc1nc(C(C)C)no1.I. The van der Waals surface area contributed by atoms with Crippen molar-refractivity contribution in [1.82, 2.24) is 25.8 Å². The van der Waals surface area contributed by atoms with Gasteiger partial charge in [0.15, 0.2) is 11.8 Å². The molecule has 0 saturated heterocycles. The summed E-state index contributed by atoms with van der Waals surface area (Å²) in [6.07, 6.45) is 3.27. The van der Waals surface area contributed by atoms with Crippen molar-refractivity contribution >= 4 is 41.5 Å². The van der Waals surface area contributed by atoms with Crippen molar-refractivity contribution in [2.24, 2.45) is 4.99 Å². The summed E-state index contributed by atoms with van der Waals surface area (Å²) < 4.78 is 5.21. The molecule has 2 aromatic heterocycles. The summed E-state index contributed by atoms with van der Waals surface area (Å²) in [5, 5.41) is 10.9. The minimum Gasteiger partial charge on any atom is -0.356 e. The molecule has 0 aliphatic heterocycles. The smallest absolute Gasteiger partial charge is 0.228 e. The summed E-state index contributed by atoms with van der Waals surface area (Å²) in [5.74, 6) is 2.38. The molecule has 138 valence electrons. The highest BCUT2D eigenvalue weighted by molar-refractivity contribution is 14.0. The van der Waals surface area contributed by atoms with Crippen LogP contribution in [0.2, 0.25) is 5.15 Å². The van der Waals surface area contributed by atoms with E-state index in [2.05, 4.69) is 30.8 Å². The number of rotatable bonds is 7. The van der Waals surface area contributed by atoms with E-state index in [1.54, 1.807) is 19.3 Å². The van der Waals surface area contributed by atoms with Crippen molar-refractivity contribution in [3.63, 3.8) is 0 Å². The maximum Gasteiger partial charge on any atom is 0.228 e. The average molecular weight is 479 g/mol. The first-order valence-electron chi connectivity index (χ1n) is 7.96. The van der Waals surface area contributed by atoms with Crippen LogP contribution in [0.25, 0.3) is 0 Å². The molecule has 2 heterocycles. The van der Waals surface area contributed by atoms with Crippen LogP contribution in [0.15, 0.2) is 27.8 Å². The number of pyridine rings is 1. The molecule has 0 aromatic carbocycles. The van der Waals surface area contributed by atoms with Gasteiger partial charge < -0.3 is 15.2 Å². The van der Waals surface area contributed by atoms with Gasteiger partial charge in [0.05, 0.1) is 0 Å². The van der Waals surface area contributed by atoms with E-state index in [0.29, 0.717) is 24.0 Å². The normalized spacial score (nSPS) is 11.3. The molecule has 7 nitrogen and oxygen atoms in total. The fraction of sp³-hybridized carbons (Fsp3) is 0.500. The number of halogens is 2. The fourth-order valence-corrected chi connectivity index (χ4v) is 2.10. The maximum absolute atomic E-state index is 5.77. The van der Waals surface area contributed by atoms with Gasteiger partial charge in [0, 0.05) is 38.7 Å². The highest BCUT2D eigenvalue weighted by Crippen LogP contribution is 2.09. The maximum atomic E-state index is 5.77. The highest BCUT2D eigenvalue weighted by atomic mass is 127. The van der Waals surface area contributed by atoms with Crippen LogP contribution in [0.1, 0.15) is 37.0 Å². The third-order valence-corrected chi connectivity index (χ3v) is 3.57. The van der Waals surface area contributed by atoms with Gasteiger partial charge in [-0.2, -0.15) is 4.98 Å². The van der Waals surface area contributed by atoms with Crippen LogP contribution in [0.5, 0.6) is 0 Å².